The normalized spacial score (nSPS) is 21.1. The Balaban J connectivity index is 2.26. The Hall–Kier alpha value is -1.65. The van der Waals surface area contributed by atoms with Crippen LogP contribution in [0.1, 0.15) is 12.6 Å². The summed E-state index contributed by atoms with van der Waals surface area (Å²) in [4.78, 5) is 8.17. The lowest BCUT2D eigenvalue weighted by Crippen LogP contribution is -2.20. The third kappa shape index (κ3) is 1.53. The minimum Gasteiger partial charge on any atom is -0.385 e. The molecule has 0 aromatic carbocycles. The zero-order chi connectivity index (χ0) is 10.1. The van der Waals surface area contributed by atoms with E-state index in [1.807, 2.05) is 24.9 Å². The van der Waals surface area contributed by atoms with Crippen LogP contribution in [0, 0.1) is 12.8 Å². The SMILES string of the molecule is Cc1cc(N2CC(C)C(N)=N2)ncn1. The quantitative estimate of drug-likeness (QED) is 0.702. The summed E-state index contributed by atoms with van der Waals surface area (Å²) in [6.07, 6.45) is 1.54. The van der Waals surface area contributed by atoms with Crippen LogP contribution in [0.2, 0.25) is 0 Å². The minimum atomic E-state index is 0.297. The van der Waals surface area contributed by atoms with Gasteiger partial charge in [-0.3, -0.25) is 0 Å². The van der Waals surface area contributed by atoms with Crippen molar-refractivity contribution >= 4 is 11.7 Å². The highest BCUT2D eigenvalue weighted by molar-refractivity contribution is 5.86. The van der Waals surface area contributed by atoms with Crippen molar-refractivity contribution in [2.75, 3.05) is 11.6 Å². The molecule has 1 aliphatic rings. The number of amidine groups is 1. The zero-order valence-electron chi connectivity index (χ0n) is 8.31. The molecule has 5 nitrogen and oxygen atoms in total. The van der Waals surface area contributed by atoms with Crippen molar-refractivity contribution in [1.82, 2.24) is 9.97 Å². The molecule has 0 radical (unpaired) electrons. The maximum absolute atomic E-state index is 5.71. The van der Waals surface area contributed by atoms with Gasteiger partial charge in [0.25, 0.3) is 0 Å². The molecule has 0 bridgehead atoms. The van der Waals surface area contributed by atoms with Crippen LogP contribution in [0.15, 0.2) is 17.5 Å². The predicted octanol–water partition coefficient (Wildman–Crippen LogP) is 0.513. The number of nitrogens with two attached hydrogens (primary N) is 1. The van der Waals surface area contributed by atoms with Crippen LogP contribution < -0.4 is 10.7 Å². The van der Waals surface area contributed by atoms with Crippen LogP contribution in [0.4, 0.5) is 5.82 Å². The average molecular weight is 191 g/mol. The lowest BCUT2D eigenvalue weighted by atomic mass is 10.2. The van der Waals surface area contributed by atoms with Crippen LogP contribution in [0.3, 0.4) is 0 Å². The molecule has 0 spiro atoms. The Morgan fingerprint density at radius 1 is 1.50 bits per heavy atom. The van der Waals surface area contributed by atoms with Crippen molar-refractivity contribution in [1.29, 1.82) is 0 Å². The van der Waals surface area contributed by atoms with Crippen molar-refractivity contribution in [2.24, 2.45) is 16.8 Å². The van der Waals surface area contributed by atoms with Crippen molar-refractivity contribution in [2.45, 2.75) is 13.8 Å². The summed E-state index contributed by atoms with van der Waals surface area (Å²) in [5.41, 5.74) is 6.64. The van der Waals surface area contributed by atoms with Gasteiger partial charge in [0.15, 0.2) is 5.82 Å². The number of rotatable bonds is 1. The van der Waals surface area contributed by atoms with Gasteiger partial charge in [-0.25, -0.2) is 15.0 Å². The van der Waals surface area contributed by atoms with E-state index in [4.69, 9.17) is 5.73 Å². The molecule has 0 saturated heterocycles. The van der Waals surface area contributed by atoms with Crippen LogP contribution in [-0.2, 0) is 0 Å². The highest BCUT2D eigenvalue weighted by atomic mass is 15.5. The lowest BCUT2D eigenvalue weighted by molar-refractivity contribution is 0.761. The molecule has 2 heterocycles. The van der Waals surface area contributed by atoms with E-state index in [0.717, 1.165) is 18.1 Å². The van der Waals surface area contributed by atoms with Crippen LogP contribution >= 0.6 is 0 Å². The summed E-state index contributed by atoms with van der Waals surface area (Å²) in [6.45, 7) is 4.77. The first-order valence-corrected chi connectivity index (χ1v) is 4.57. The summed E-state index contributed by atoms with van der Waals surface area (Å²) < 4.78 is 0. The molecule has 0 amide bonds. The summed E-state index contributed by atoms with van der Waals surface area (Å²) in [7, 11) is 0. The van der Waals surface area contributed by atoms with Gasteiger partial charge in [0.1, 0.15) is 12.2 Å². The molecule has 0 aliphatic carbocycles. The highest BCUT2D eigenvalue weighted by Crippen LogP contribution is 2.18. The van der Waals surface area contributed by atoms with Gasteiger partial charge in [-0.1, -0.05) is 6.92 Å². The third-order valence-corrected chi connectivity index (χ3v) is 2.24. The minimum absolute atomic E-state index is 0.297. The largest absolute Gasteiger partial charge is 0.385 e. The topological polar surface area (TPSA) is 67.4 Å². The van der Waals surface area contributed by atoms with E-state index in [9.17, 15) is 0 Å². The number of hydrogen-bond acceptors (Lipinski definition) is 5. The van der Waals surface area contributed by atoms with Crippen molar-refractivity contribution < 1.29 is 0 Å². The smallest absolute Gasteiger partial charge is 0.152 e. The molecule has 1 aromatic rings. The second-order valence-corrected chi connectivity index (χ2v) is 3.53. The van der Waals surface area contributed by atoms with Gasteiger partial charge in [-0.15, -0.1) is 0 Å². The second kappa shape index (κ2) is 3.25. The fraction of sp³-hybridized carbons (Fsp3) is 0.444. The summed E-state index contributed by atoms with van der Waals surface area (Å²) >= 11 is 0. The van der Waals surface area contributed by atoms with E-state index in [2.05, 4.69) is 15.1 Å². The molecule has 1 atom stereocenters. The Bertz CT molecular complexity index is 373. The van der Waals surface area contributed by atoms with Gasteiger partial charge in [0.05, 0.1) is 6.54 Å². The Kier molecular flexibility index (Phi) is 2.07. The Morgan fingerprint density at radius 2 is 2.29 bits per heavy atom. The molecule has 74 valence electrons. The molecular weight excluding hydrogens is 178 g/mol. The summed E-state index contributed by atoms with van der Waals surface area (Å²) in [6, 6.07) is 1.90. The summed E-state index contributed by atoms with van der Waals surface area (Å²) in [5, 5.41) is 6.03. The number of anilines is 1. The van der Waals surface area contributed by atoms with E-state index in [-0.39, 0.29) is 0 Å². The third-order valence-electron chi connectivity index (χ3n) is 2.24. The molecule has 0 saturated carbocycles. The first-order chi connectivity index (χ1) is 6.66. The Morgan fingerprint density at radius 3 is 2.86 bits per heavy atom. The maximum Gasteiger partial charge on any atom is 0.152 e. The summed E-state index contributed by atoms with van der Waals surface area (Å²) in [5.74, 6) is 1.77. The number of hydrazone groups is 1. The first-order valence-electron chi connectivity index (χ1n) is 4.57. The van der Waals surface area contributed by atoms with Crippen LogP contribution in [0.5, 0.6) is 0 Å². The maximum atomic E-state index is 5.71. The molecule has 2 rings (SSSR count). The average Bonchev–Trinajstić information content (AvgIpc) is 2.47. The van der Waals surface area contributed by atoms with Gasteiger partial charge in [-0.2, -0.15) is 5.10 Å². The molecular formula is C9H13N5. The number of nitrogens with zero attached hydrogens (tertiary/aromatic N) is 4. The van der Waals surface area contributed by atoms with Gasteiger partial charge in [-0.05, 0) is 6.92 Å². The van der Waals surface area contributed by atoms with Crippen molar-refractivity contribution in [3.05, 3.63) is 18.1 Å². The monoisotopic (exact) mass is 191 g/mol. The van der Waals surface area contributed by atoms with E-state index in [1.54, 1.807) is 6.33 Å². The van der Waals surface area contributed by atoms with E-state index >= 15 is 0 Å². The molecule has 1 aliphatic heterocycles. The molecule has 0 fully saturated rings. The number of hydrogen-bond donors (Lipinski definition) is 1. The first kappa shape index (κ1) is 8.93. The van der Waals surface area contributed by atoms with Gasteiger partial charge in [0, 0.05) is 17.7 Å². The van der Waals surface area contributed by atoms with Crippen LogP contribution in [0.25, 0.3) is 0 Å². The Labute approximate surface area is 82.7 Å². The second-order valence-electron chi connectivity index (χ2n) is 3.53. The van der Waals surface area contributed by atoms with Crippen LogP contribution in [-0.4, -0.2) is 22.3 Å². The van der Waals surface area contributed by atoms with E-state index in [0.29, 0.717) is 11.8 Å². The fourth-order valence-electron chi connectivity index (χ4n) is 1.36. The zero-order valence-corrected chi connectivity index (χ0v) is 8.31. The highest BCUT2D eigenvalue weighted by Gasteiger charge is 2.21. The molecule has 14 heavy (non-hydrogen) atoms. The lowest BCUT2D eigenvalue weighted by Gasteiger charge is -2.12. The molecule has 5 heteroatoms. The van der Waals surface area contributed by atoms with Gasteiger partial charge < -0.3 is 5.73 Å². The van der Waals surface area contributed by atoms with Gasteiger partial charge >= 0.3 is 0 Å². The number of aryl methyl sites for hydroxylation is 1. The number of aromatic nitrogens is 2. The standard InChI is InChI=1S/C9H13N5/c1-6-4-14(13-9(6)10)8-3-7(2)11-5-12-8/h3,5-6H,4H2,1-2H3,(H2,10,13). The van der Waals surface area contributed by atoms with E-state index < -0.39 is 0 Å². The molecule has 1 unspecified atom stereocenters. The predicted molar refractivity (Wildman–Crippen MR) is 54.9 cm³/mol. The molecule has 1 aromatic heterocycles. The van der Waals surface area contributed by atoms with E-state index in [1.165, 1.54) is 0 Å². The fourth-order valence-corrected chi connectivity index (χ4v) is 1.36. The molecule has 2 N–H and O–H groups in total. The van der Waals surface area contributed by atoms with Gasteiger partial charge in [0.2, 0.25) is 0 Å². The van der Waals surface area contributed by atoms with Crippen molar-refractivity contribution in [3.63, 3.8) is 0 Å². The van der Waals surface area contributed by atoms with Crippen molar-refractivity contribution in [3.8, 4) is 0 Å².